The van der Waals surface area contributed by atoms with Gasteiger partial charge in [-0.2, -0.15) is 0 Å². The van der Waals surface area contributed by atoms with E-state index in [0.717, 1.165) is 13.1 Å². The molecule has 0 aliphatic rings. The number of hydrogen-bond donors (Lipinski definition) is 1. The SMILES string of the molecule is CCN(CC)C(=O)Cn1ccc(C(C)NC)c1. The van der Waals surface area contributed by atoms with Crippen LogP contribution in [-0.4, -0.2) is 35.5 Å². The van der Waals surface area contributed by atoms with E-state index in [0.29, 0.717) is 12.6 Å². The molecule has 1 aromatic heterocycles. The van der Waals surface area contributed by atoms with Crippen molar-refractivity contribution in [1.82, 2.24) is 14.8 Å². The minimum atomic E-state index is 0.175. The third-order valence-electron chi connectivity index (χ3n) is 3.14. The number of amides is 1. The van der Waals surface area contributed by atoms with Crippen molar-refractivity contribution in [2.45, 2.75) is 33.4 Å². The minimum absolute atomic E-state index is 0.175. The molecule has 1 N–H and O–H groups in total. The maximum atomic E-state index is 11.9. The van der Waals surface area contributed by atoms with E-state index >= 15 is 0 Å². The Balaban J connectivity index is 2.63. The molecule has 0 saturated heterocycles. The molecule has 0 aliphatic heterocycles. The predicted molar refractivity (Wildman–Crippen MR) is 69.8 cm³/mol. The fourth-order valence-electron chi connectivity index (χ4n) is 1.81. The van der Waals surface area contributed by atoms with Crippen molar-refractivity contribution < 1.29 is 4.79 Å². The standard InChI is InChI=1S/C13H23N3O/c1-5-16(6-2)13(17)10-15-8-7-12(9-15)11(3)14-4/h7-9,11,14H,5-6,10H2,1-4H3. The van der Waals surface area contributed by atoms with Crippen molar-refractivity contribution >= 4 is 5.91 Å². The van der Waals surface area contributed by atoms with E-state index in [9.17, 15) is 4.79 Å². The van der Waals surface area contributed by atoms with Gasteiger partial charge in [0.2, 0.25) is 5.91 Å². The second-order valence-corrected chi connectivity index (χ2v) is 4.19. The largest absolute Gasteiger partial charge is 0.345 e. The molecular formula is C13H23N3O. The number of nitrogens with one attached hydrogen (secondary N) is 1. The zero-order valence-corrected chi connectivity index (χ0v) is 11.2. The molecule has 1 unspecified atom stereocenters. The van der Waals surface area contributed by atoms with E-state index in [-0.39, 0.29) is 5.91 Å². The summed E-state index contributed by atoms with van der Waals surface area (Å²) in [7, 11) is 1.93. The van der Waals surface area contributed by atoms with Gasteiger partial charge in [-0.15, -0.1) is 0 Å². The smallest absolute Gasteiger partial charge is 0.242 e. The summed E-state index contributed by atoms with van der Waals surface area (Å²) >= 11 is 0. The first kappa shape index (κ1) is 13.8. The van der Waals surface area contributed by atoms with E-state index < -0.39 is 0 Å². The Morgan fingerprint density at radius 1 is 1.47 bits per heavy atom. The minimum Gasteiger partial charge on any atom is -0.345 e. The van der Waals surface area contributed by atoms with Crippen molar-refractivity contribution in [3.05, 3.63) is 24.0 Å². The van der Waals surface area contributed by atoms with Crippen molar-refractivity contribution in [3.8, 4) is 0 Å². The Morgan fingerprint density at radius 2 is 2.12 bits per heavy atom. The highest BCUT2D eigenvalue weighted by Crippen LogP contribution is 2.12. The Bertz CT molecular complexity index is 355. The summed E-state index contributed by atoms with van der Waals surface area (Å²) in [5.41, 5.74) is 1.21. The number of nitrogens with zero attached hydrogens (tertiary/aromatic N) is 2. The Morgan fingerprint density at radius 3 is 2.65 bits per heavy atom. The first-order valence-corrected chi connectivity index (χ1v) is 6.23. The van der Waals surface area contributed by atoms with Gasteiger partial charge in [-0.3, -0.25) is 4.79 Å². The van der Waals surface area contributed by atoms with Crippen molar-refractivity contribution in [2.75, 3.05) is 20.1 Å². The molecule has 4 nitrogen and oxygen atoms in total. The van der Waals surface area contributed by atoms with Gasteiger partial charge < -0.3 is 14.8 Å². The van der Waals surface area contributed by atoms with E-state index in [1.54, 1.807) is 0 Å². The average molecular weight is 237 g/mol. The number of rotatable bonds is 6. The van der Waals surface area contributed by atoms with Gasteiger partial charge in [0.25, 0.3) is 0 Å². The van der Waals surface area contributed by atoms with Crippen LogP contribution in [0.1, 0.15) is 32.4 Å². The molecule has 0 aromatic carbocycles. The lowest BCUT2D eigenvalue weighted by Crippen LogP contribution is -2.33. The molecule has 4 heteroatoms. The highest BCUT2D eigenvalue weighted by Gasteiger charge is 2.11. The first-order chi connectivity index (χ1) is 8.12. The number of carbonyl (C=O) groups excluding carboxylic acids is 1. The van der Waals surface area contributed by atoms with Crippen molar-refractivity contribution in [1.29, 1.82) is 0 Å². The van der Waals surface area contributed by atoms with Crippen LogP contribution in [0.25, 0.3) is 0 Å². The molecule has 1 rings (SSSR count). The van der Waals surface area contributed by atoms with Crippen LogP contribution in [0.3, 0.4) is 0 Å². The van der Waals surface area contributed by atoms with Gasteiger partial charge in [-0.25, -0.2) is 0 Å². The summed E-state index contributed by atoms with van der Waals surface area (Å²) in [5, 5.41) is 3.18. The Labute approximate surface area is 104 Å². The normalized spacial score (nSPS) is 12.5. The van der Waals surface area contributed by atoms with Gasteiger partial charge in [0.15, 0.2) is 0 Å². The summed E-state index contributed by atoms with van der Waals surface area (Å²) in [4.78, 5) is 13.8. The topological polar surface area (TPSA) is 37.3 Å². The lowest BCUT2D eigenvalue weighted by Gasteiger charge is -2.18. The molecule has 0 aliphatic carbocycles. The molecule has 0 spiro atoms. The molecule has 1 heterocycles. The zero-order valence-electron chi connectivity index (χ0n) is 11.2. The molecule has 96 valence electrons. The molecular weight excluding hydrogens is 214 g/mol. The molecule has 17 heavy (non-hydrogen) atoms. The van der Waals surface area contributed by atoms with Crippen LogP contribution in [0.15, 0.2) is 18.5 Å². The molecule has 1 aromatic rings. The highest BCUT2D eigenvalue weighted by molar-refractivity contribution is 5.75. The lowest BCUT2D eigenvalue weighted by atomic mass is 10.2. The Kier molecular flexibility index (Phi) is 5.22. The fourth-order valence-corrected chi connectivity index (χ4v) is 1.81. The fraction of sp³-hybridized carbons (Fsp3) is 0.615. The van der Waals surface area contributed by atoms with Gasteiger partial charge in [-0.1, -0.05) is 0 Å². The average Bonchev–Trinajstić information content (AvgIpc) is 2.78. The monoisotopic (exact) mass is 237 g/mol. The van der Waals surface area contributed by atoms with E-state index in [1.807, 2.05) is 42.8 Å². The van der Waals surface area contributed by atoms with Crippen LogP contribution in [0.5, 0.6) is 0 Å². The van der Waals surface area contributed by atoms with E-state index in [4.69, 9.17) is 0 Å². The second-order valence-electron chi connectivity index (χ2n) is 4.19. The van der Waals surface area contributed by atoms with Crippen LogP contribution < -0.4 is 5.32 Å². The lowest BCUT2D eigenvalue weighted by molar-refractivity contribution is -0.131. The zero-order chi connectivity index (χ0) is 12.8. The number of carbonyl (C=O) groups is 1. The summed E-state index contributed by atoms with van der Waals surface area (Å²) in [5.74, 6) is 0.175. The van der Waals surface area contributed by atoms with Gasteiger partial charge in [-0.05, 0) is 39.4 Å². The van der Waals surface area contributed by atoms with Crippen LogP contribution in [-0.2, 0) is 11.3 Å². The van der Waals surface area contributed by atoms with Crippen molar-refractivity contribution in [3.63, 3.8) is 0 Å². The molecule has 0 bridgehead atoms. The summed E-state index contributed by atoms with van der Waals surface area (Å²) in [6.07, 6.45) is 3.99. The predicted octanol–water partition coefficient (Wildman–Crippen LogP) is 1.64. The van der Waals surface area contributed by atoms with Gasteiger partial charge in [0.05, 0.1) is 0 Å². The van der Waals surface area contributed by atoms with Crippen LogP contribution in [0.4, 0.5) is 0 Å². The molecule has 0 saturated carbocycles. The maximum absolute atomic E-state index is 11.9. The number of likely N-dealkylation sites (N-methyl/N-ethyl adjacent to an activating group) is 1. The van der Waals surface area contributed by atoms with Crippen LogP contribution in [0, 0.1) is 0 Å². The molecule has 0 radical (unpaired) electrons. The first-order valence-electron chi connectivity index (χ1n) is 6.23. The van der Waals surface area contributed by atoms with Gasteiger partial charge >= 0.3 is 0 Å². The quantitative estimate of drug-likeness (QED) is 0.816. The summed E-state index contributed by atoms with van der Waals surface area (Å²) in [6, 6.07) is 2.37. The van der Waals surface area contributed by atoms with Gasteiger partial charge in [0.1, 0.15) is 6.54 Å². The van der Waals surface area contributed by atoms with Gasteiger partial charge in [0, 0.05) is 31.5 Å². The summed E-state index contributed by atoms with van der Waals surface area (Å²) in [6.45, 7) is 8.09. The Hall–Kier alpha value is -1.29. The molecule has 0 fully saturated rings. The van der Waals surface area contributed by atoms with Crippen LogP contribution in [0.2, 0.25) is 0 Å². The highest BCUT2D eigenvalue weighted by atomic mass is 16.2. The summed E-state index contributed by atoms with van der Waals surface area (Å²) < 4.78 is 1.95. The maximum Gasteiger partial charge on any atom is 0.242 e. The third-order valence-corrected chi connectivity index (χ3v) is 3.14. The third kappa shape index (κ3) is 3.60. The second kappa shape index (κ2) is 6.45. The molecule has 1 atom stereocenters. The number of aromatic nitrogens is 1. The van der Waals surface area contributed by atoms with E-state index in [2.05, 4.69) is 18.3 Å². The van der Waals surface area contributed by atoms with Crippen LogP contribution >= 0.6 is 0 Å². The number of hydrogen-bond acceptors (Lipinski definition) is 2. The van der Waals surface area contributed by atoms with E-state index in [1.165, 1.54) is 5.56 Å². The van der Waals surface area contributed by atoms with Crippen molar-refractivity contribution in [2.24, 2.45) is 0 Å². The molecule has 1 amide bonds.